The lowest BCUT2D eigenvalue weighted by Gasteiger charge is -2.03. The molecule has 2 rings (SSSR count). The molecule has 0 fully saturated rings. The average molecular weight is 228 g/mol. The third kappa shape index (κ3) is 2.44. The zero-order chi connectivity index (χ0) is 11.4. The van der Waals surface area contributed by atoms with Crippen molar-refractivity contribution in [2.24, 2.45) is 0 Å². The summed E-state index contributed by atoms with van der Waals surface area (Å²) in [5, 5.41) is 2.03. The van der Waals surface area contributed by atoms with Crippen LogP contribution in [-0.2, 0) is 0 Å². The van der Waals surface area contributed by atoms with Crippen LogP contribution >= 0.6 is 11.3 Å². The van der Waals surface area contributed by atoms with Gasteiger partial charge in [-0.05, 0) is 36.1 Å². The van der Waals surface area contributed by atoms with Gasteiger partial charge in [0.25, 0.3) is 0 Å². The molecule has 0 saturated carbocycles. The van der Waals surface area contributed by atoms with E-state index < -0.39 is 0 Å². The van der Waals surface area contributed by atoms with Crippen LogP contribution in [0, 0.1) is 18.8 Å². The van der Waals surface area contributed by atoms with Crippen LogP contribution in [0.25, 0.3) is 0 Å². The van der Waals surface area contributed by atoms with E-state index in [-0.39, 0.29) is 0 Å². The number of rotatable bonds is 1. The molecule has 0 unspecified atom stereocenters. The van der Waals surface area contributed by atoms with Crippen molar-refractivity contribution in [1.82, 2.24) is 0 Å². The molecule has 2 heteroatoms. The Hall–Kier alpha value is -1.72. The summed E-state index contributed by atoms with van der Waals surface area (Å²) in [6, 6.07) is 10.0. The quantitative estimate of drug-likeness (QED) is 0.679. The fourth-order valence-corrected chi connectivity index (χ4v) is 1.95. The van der Waals surface area contributed by atoms with Gasteiger partial charge in [0, 0.05) is 5.56 Å². The molecule has 0 atom stereocenters. The van der Waals surface area contributed by atoms with E-state index in [2.05, 4.69) is 11.8 Å². The summed E-state index contributed by atoms with van der Waals surface area (Å²) in [5.41, 5.74) is 2.11. The number of aryl methyl sites for hydroxylation is 1. The van der Waals surface area contributed by atoms with E-state index in [9.17, 15) is 0 Å². The monoisotopic (exact) mass is 228 g/mol. The average Bonchev–Trinajstić information content (AvgIpc) is 2.81. The van der Waals surface area contributed by atoms with Gasteiger partial charge in [-0.25, -0.2) is 0 Å². The van der Waals surface area contributed by atoms with Gasteiger partial charge in [-0.3, -0.25) is 0 Å². The fraction of sp³-hybridized carbons (Fsp3) is 0.143. The van der Waals surface area contributed by atoms with Crippen molar-refractivity contribution in [3.8, 4) is 17.6 Å². The minimum Gasteiger partial charge on any atom is -0.496 e. The van der Waals surface area contributed by atoms with Crippen LogP contribution in [0.3, 0.4) is 0 Å². The lowest BCUT2D eigenvalue weighted by atomic mass is 10.1. The molecule has 0 amide bonds. The molecular formula is C14H12OS. The molecule has 2 aromatic rings. The van der Waals surface area contributed by atoms with E-state index in [1.54, 1.807) is 18.4 Å². The molecule has 80 valence electrons. The molecule has 0 spiro atoms. The third-order valence-electron chi connectivity index (χ3n) is 2.26. The van der Waals surface area contributed by atoms with Crippen molar-refractivity contribution in [3.63, 3.8) is 0 Å². The van der Waals surface area contributed by atoms with Gasteiger partial charge in [-0.1, -0.05) is 24.0 Å². The highest BCUT2D eigenvalue weighted by atomic mass is 32.1. The first-order chi connectivity index (χ1) is 7.79. The van der Waals surface area contributed by atoms with Crippen LogP contribution in [0.1, 0.15) is 16.0 Å². The summed E-state index contributed by atoms with van der Waals surface area (Å²) in [6.07, 6.45) is 0. The summed E-state index contributed by atoms with van der Waals surface area (Å²) in [5.74, 6) is 7.14. The highest BCUT2D eigenvalue weighted by Gasteiger charge is 1.97. The SMILES string of the molecule is COc1cc(C#Cc2cccs2)ccc1C. The Balaban J connectivity index is 2.28. The second-order valence-corrected chi connectivity index (χ2v) is 4.36. The maximum absolute atomic E-state index is 5.26. The van der Waals surface area contributed by atoms with Gasteiger partial charge in [0.15, 0.2) is 0 Å². The molecule has 1 heterocycles. The first-order valence-electron chi connectivity index (χ1n) is 5.00. The predicted molar refractivity (Wildman–Crippen MR) is 68.0 cm³/mol. The van der Waals surface area contributed by atoms with Gasteiger partial charge in [0.1, 0.15) is 5.75 Å². The normalized spacial score (nSPS) is 9.38. The van der Waals surface area contributed by atoms with E-state index in [1.807, 2.05) is 42.6 Å². The van der Waals surface area contributed by atoms with E-state index in [1.165, 1.54) is 0 Å². The smallest absolute Gasteiger partial charge is 0.123 e. The number of hydrogen-bond donors (Lipinski definition) is 0. The van der Waals surface area contributed by atoms with Gasteiger partial charge in [-0.15, -0.1) is 11.3 Å². The molecule has 1 nitrogen and oxygen atoms in total. The van der Waals surface area contributed by atoms with Crippen molar-refractivity contribution in [2.75, 3.05) is 7.11 Å². The van der Waals surface area contributed by atoms with Gasteiger partial charge >= 0.3 is 0 Å². The summed E-state index contributed by atoms with van der Waals surface area (Å²) < 4.78 is 5.26. The van der Waals surface area contributed by atoms with Crippen LogP contribution < -0.4 is 4.74 Å². The molecule has 0 bridgehead atoms. The topological polar surface area (TPSA) is 9.23 Å². The molecule has 0 saturated heterocycles. The van der Waals surface area contributed by atoms with Crippen molar-refractivity contribution < 1.29 is 4.74 Å². The van der Waals surface area contributed by atoms with Crippen molar-refractivity contribution >= 4 is 11.3 Å². The van der Waals surface area contributed by atoms with Gasteiger partial charge in [-0.2, -0.15) is 0 Å². The van der Waals surface area contributed by atoms with Crippen molar-refractivity contribution in [1.29, 1.82) is 0 Å². The Morgan fingerprint density at radius 3 is 2.75 bits per heavy atom. The minimum atomic E-state index is 0.887. The second-order valence-electron chi connectivity index (χ2n) is 3.41. The van der Waals surface area contributed by atoms with E-state index in [4.69, 9.17) is 4.74 Å². The lowest BCUT2D eigenvalue weighted by molar-refractivity contribution is 0.411. The highest BCUT2D eigenvalue weighted by Crippen LogP contribution is 2.18. The van der Waals surface area contributed by atoms with Gasteiger partial charge in [0.2, 0.25) is 0 Å². The molecule has 1 aromatic heterocycles. The molecule has 0 radical (unpaired) electrons. The molecule has 1 aromatic carbocycles. The lowest BCUT2D eigenvalue weighted by Crippen LogP contribution is -1.87. The van der Waals surface area contributed by atoms with Crippen LogP contribution in [0.4, 0.5) is 0 Å². The fourth-order valence-electron chi connectivity index (χ4n) is 1.38. The molecule has 16 heavy (non-hydrogen) atoms. The van der Waals surface area contributed by atoms with Crippen LogP contribution in [0.15, 0.2) is 35.7 Å². The number of hydrogen-bond acceptors (Lipinski definition) is 2. The largest absolute Gasteiger partial charge is 0.496 e. The number of ether oxygens (including phenoxy) is 1. The van der Waals surface area contributed by atoms with Crippen molar-refractivity contribution in [3.05, 3.63) is 51.7 Å². The summed E-state index contributed by atoms with van der Waals surface area (Å²) in [6.45, 7) is 2.02. The van der Waals surface area contributed by atoms with E-state index in [0.717, 1.165) is 21.8 Å². The van der Waals surface area contributed by atoms with E-state index in [0.29, 0.717) is 0 Å². The number of methoxy groups -OCH3 is 1. The number of thiophene rings is 1. The number of benzene rings is 1. The Labute approximate surface area is 99.7 Å². The third-order valence-corrected chi connectivity index (χ3v) is 3.04. The van der Waals surface area contributed by atoms with Gasteiger partial charge < -0.3 is 4.74 Å². The molecule has 0 aliphatic heterocycles. The Kier molecular flexibility index (Phi) is 3.28. The Morgan fingerprint density at radius 1 is 1.19 bits per heavy atom. The van der Waals surface area contributed by atoms with Gasteiger partial charge in [0.05, 0.1) is 12.0 Å². The first-order valence-corrected chi connectivity index (χ1v) is 5.88. The summed E-state index contributed by atoms with van der Waals surface area (Å²) in [7, 11) is 1.68. The van der Waals surface area contributed by atoms with E-state index >= 15 is 0 Å². The molecule has 0 aliphatic rings. The zero-order valence-electron chi connectivity index (χ0n) is 9.28. The minimum absolute atomic E-state index is 0.887. The maximum Gasteiger partial charge on any atom is 0.123 e. The van der Waals surface area contributed by atoms with Crippen LogP contribution in [0.2, 0.25) is 0 Å². The highest BCUT2D eigenvalue weighted by molar-refractivity contribution is 7.10. The first kappa shape index (κ1) is 10.8. The van der Waals surface area contributed by atoms with Crippen LogP contribution in [-0.4, -0.2) is 7.11 Å². The Morgan fingerprint density at radius 2 is 2.06 bits per heavy atom. The molecule has 0 N–H and O–H groups in total. The maximum atomic E-state index is 5.26. The van der Waals surface area contributed by atoms with Crippen molar-refractivity contribution in [2.45, 2.75) is 6.92 Å². The standard InChI is InChI=1S/C14H12OS/c1-11-5-6-12(10-14(11)15-2)7-8-13-4-3-9-16-13/h3-6,9-10H,1-2H3. The molecular weight excluding hydrogens is 216 g/mol. The summed E-state index contributed by atoms with van der Waals surface area (Å²) >= 11 is 1.65. The Bertz CT molecular complexity index is 530. The second kappa shape index (κ2) is 4.87. The zero-order valence-corrected chi connectivity index (χ0v) is 10.1. The predicted octanol–water partition coefficient (Wildman–Crippen LogP) is 3.46. The van der Waals surface area contributed by atoms with Crippen LogP contribution in [0.5, 0.6) is 5.75 Å². The summed E-state index contributed by atoms with van der Waals surface area (Å²) in [4.78, 5) is 1.08. The molecule has 0 aliphatic carbocycles.